The van der Waals surface area contributed by atoms with Gasteiger partial charge in [0.15, 0.2) is 0 Å². The Balaban J connectivity index is 2.38. The van der Waals surface area contributed by atoms with Crippen molar-refractivity contribution in [2.24, 2.45) is 0 Å². The number of hydrogen-bond acceptors (Lipinski definition) is 5. The van der Waals surface area contributed by atoms with E-state index < -0.39 is 24.2 Å². The normalized spacial score (nSPS) is 27.3. The highest BCUT2D eigenvalue weighted by atomic mass is 19.4. The summed E-state index contributed by atoms with van der Waals surface area (Å²) < 4.78 is 48.3. The molecule has 0 aromatic heterocycles. The van der Waals surface area contributed by atoms with Crippen LogP contribution in [0, 0.1) is 0 Å². The fourth-order valence-corrected chi connectivity index (χ4v) is 1.54. The summed E-state index contributed by atoms with van der Waals surface area (Å²) in [6, 6.07) is 6.58. The van der Waals surface area contributed by atoms with Crippen molar-refractivity contribution in [3.63, 3.8) is 0 Å². The van der Waals surface area contributed by atoms with Crippen molar-refractivity contribution in [1.82, 2.24) is 0 Å². The van der Waals surface area contributed by atoms with E-state index in [0.717, 1.165) is 19.2 Å². The van der Waals surface area contributed by atoms with Crippen LogP contribution in [0.5, 0.6) is 0 Å². The molecule has 2 atom stereocenters. The summed E-state index contributed by atoms with van der Waals surface area (Å²) in [7, 11) is 0.991. The summed E-state index contributed by atoms with van der Waals surface area (Å²) in [5, 5.41) is 0. The molecule has 0 spiro atoms. The first-order chi connectivity index (χ1) is 8.90. The van der Waals surface area contributed by atoms with Gasteiger partial charge in [0.25, 0.3) is 6.29 Å². The summed E-state index contributed by atoms with van der Waals surface area (Å²) in [5.41, 5.74) is -0.339. The number of halogens is 3. The Morgan fingerprint density at radius 3 is 2.47 bits per heavy atom. The van der Waals surface area contributed by atoms with E-state index in [4.69, 9.17) is 0 Å². The van der Waals surface area contributed by atoms with Crippen molar-refractivity contribution < 1.29 is 37.2 Å². The van der Waals surface area contributed by atoms with Crippen LogP contribution in [-0.4, -0.2) is 25.5 Å². The third-order valence-electron chi connectivity index (χ3n) is 2.45. The predicted molar refractivity (Wildman–Crippen MR) is 53.2 cm³/mol. The number of ether oxygens (including phenoxy) is 2. The van der Waals surface area contributed by atoms with Gasteiger partial charge in [-0.1, -0.05) is 30.3 Å². The van der Waals surface area contributed by atoms with Gasteiger partial charge in [0.1, 0.15) is 0 Å². The fraction of sp³-hybridized carbons (Fsp3) is 0.364. The number of esters is 1. The van der Waals surface area contributed by atoms with Gasteiger partial charge in [-0.2, -0.15) is 22.9 Å². The standard InChI is InChI=1S/C11H9F3O5/c1-16-8(15)9-17-10(19-18-9,11(12,13)14)7-5-3-2-4-6-7/h2-6,9H,1H3. The van der Waals surface area contributed by atoms with Crippen molar-refractivity contribution in [3.8, 4) is 0 Å². The minimum atomic E-state index is -4.93. The largest absolute Gasteiger partial charge is 0.465 e. The molecule has 1 aliphatic rings. The van der Waals surface area contributed by atoms with Crippen LogP contribution in [0.3, 0.4) is 0 Å². The molecule has 0 aliphatic carbocycles. The van der Waals surface area contributed by atoms with Gasteiger partial charge in [-0.3, -0.25) is 4.74 Å². The van der Waals surface area contributed by atoms with Crippen molar-refractivity contribution in [2.75, 3.05) is 7.11 Å². The zero-order chi connectivity index (χ0) is 14.1. The maximum atomic E-state index is 13.2. The van der Waals surface area contributed by atoms with Gasteiger partial charge >= 0.3 is 17.9 Å². The first-order valence-corrected chi connectivity index (χ1v) is 5.13. The van der Waals surface area contributed by atoms with Gasteiger partial charge in [0.05, 0.1) is 7.11 Å². The highest BCUT2D eigenvalue weighted by Gasteiger charge is 2.66. The van der Waals surface area contributed by atoms with Crippen LogP contribution in [0.1, 0.15) is 5.56 Å². The zero-order valence-corrected chi connectivity index (χ0v) is 9.64. The molecule has 0 saturated carbocycles. The second kappa shape index (κ2) is 4.80. The Morgan fingerprint density at radius 2 is 1.95 bits per heavy atom. The average molecular weight is 278 g/mol. The number of methoxy groups -OCH3 is 1. The lowest BCUT2D eigenvalue weighted by Crippen LogP contribution is -2.44. The molecule has 0 N–H and O–H groups in total. The second-order valence-corrected chi connectivity index (χ2v) is 3.63. The molecule has 2 unspecified atom stereocenters. The van der Waals surface area contributed by atoms with Crippen molar-refractivity contribution in [3.05, 3.63) is 35.9 Å². The monoisotopic (exact) mass is 278 g/mol. The zero-order valence-electron chi connectivity index (χ0n) is 9.64. The van der Waals surface area contributed by atoms with E-state index in [1.165, 1.54) is 18.2 Å². The van der Waals surface area contributed by atoms with E-state index in [0.29, 0.717) is 0 Å². The molecule has 1 heterocycles. The van der Waals surface area contributed by atoms with Crippen LogP contribution in [0.4, 0.5) is 13.2 Å². The lowest BCUT2D eigenvalue weighted by Gasteiger charge is -2.27. The molecule has 0 bridgehead atoms. The first kappa shape index (κ1) is 13.8. The van der Waals surface area contributed by atoms with E-state index in [-0.39, 0.29) is 5.56 Å². The quantitative estimate of drug-likeness (QED) is 0.610. The topological polar surface area (TPSA) is 54.0 Å². The molecule has 1 fully saturated rings. The Labute approximate surface area is 105 Å². The van der Waals surface area contributed by atoms with Gasteiger partial charge in [-0.15, -0.1) is 0 Å². The Bertz CT molecular complexity index is 461. The summed E-state index contributed by atoms with van der Waals surface area (Å²) in [4.78, 5) is 19.7. The average Bonchev–Trinajstić information content (AvgIpc) is 2.85. The van der Waals surface area contributed by atoms with Crippen molar-refractivity contribution in [1.29, 1.82) is 0 Å². The van der Waals surface area contributed by atoms with Gasteiger partial charge in [-0.25, -0.2) is 4.79 Å². The molecule has 2 rings (SSSR count). The van der Waals surface area contributed by atoms with E-state index in [9.17, 15) is 18.0 Å². The molecule has 0 amide bonds. The summed E-state index contributed by atoms with van der Waals surface area (Å²) in [6.45, 7) is 0. The lowest BCUT2D eigenvalue weighted by molar-refractivity contribution is -0.418. The van der Waals surface area contributed by atoms with Crippen molar-refractivity contribution >= 4 is 5.97 Å². The van der Waals surface area contributed by atoms with Crippen LogP contribution in [0.25, 0.3) is 0 Å². The predicted octanol–water partition coefficient (Wildman–Crippen LogP) is 1.88. The highest BCUT2D eigenvalue weighted by molar-refractivity contribution is 5.73. The molecule has 19 heavy (non-hydrogen) atoms. The van der Waals surface area contributed by atoms with E-state index in [1.54, 1.807) is 0 Å². The molecular formula is C11H9F3O5. The minimum absolute atomic E-state index is 0.339. The van der Waals surface area contributed by atoms with Gasteiger partial charge in [0, 0.05) is 5.56 Å². The molecule has 1 saturated heterocycles. The molecule has 1 aromatic carbocycles. The van der Waals surface area contributed by atoms with Gasteiger partial charge < -0.3 is 4.74 Å². The minimum Gasteiger partial charge on any atom is -0.465 e. The summed E-state index contributed by atoms with van der Waals surface area (Å²) >= 11 is 0. The molecular weight excluding hydrogens is 269 g/mol. The molecule has 104 valence electrons. The van der Waals surface area contributed by atoms with Crippen LogP contribution in [0.2, 0.25) is 0 Å². The Morgan fingerprint density at radius 1 is 1.32 bits per heavy atom. The van der Waals surface area contributed by atoms with E-state index >= 15 is 0 Å². The lowest BCUT2D eigenvalue weighted by atomic mass is 10.1. The molecule has 5 nitrogen and oxygen atoms in total. The van der Waals surface area contributed by atoms with Crippen LogP contribution in [0.15, 0.2) is 30.3 Å². The number of hydrogen-bond donors (Lipinski definition) is 0. The number of carbonyl (C=O) groups is 1. The number of benzene rings is 1. The maximum absolute atomic E-state index is 13.2. The van der Waals surface area contributed by atoms with Crippen molar-refractivity contribution in [2.45, 2.75) is 18.3 Å². The van der Waals surface area contributed by atoms with E-state index in [2.05, 4.69) is 19.2 Å². The SMILES string of the molecule is COC(=O)C1OOC(c2ccccc2)(C(F)(F)F)O1. The Kier molecular flexibility index (Phi) is 3.48. The molecule has 0 radical (unpaired) electrons. The molecule has 1 aromatic rings. The fourth-order valence-electron chi connectivity index (χ4n) is 1.54. The number of carbonyl (C=O) groups excluding carboxylic acids is 1. The third-order valence-corrected chi connectivity index (χ3v) is 2.45. The number of alkyl halides is 3. The molecule has 1 aliphatic heterocycles. The third kappa shape index (κ3) is 2.29. The number of rotatable bonds is 2. The summed E-state index contributed by atoms with van der Waals surface area (Å²) in [6.07, 6.45) is -6.83. The van der Waals surface area contributed by atoms with Crippen LogP contribution in [-0.2, 0) is 29.8 Å². The van der Waals surface area contributed by atoms with Crippen LogP contribution < -0.4 is 0 Å². The summed E-state index contributed by atoms with van der Waals surface area (Å²) in [5.74, 6) is -4.27. The smallest absolute Gasteiger partial charge is 0.451 e. The van der Waals surface area contributed by atoms with E-state index in [1.807, 2.05) is 0 Å². The molecule has 8 heteroatoms. The van der Waals surface area contributed by atoms with Gasteiger partial charge in [0.2, 0.25) is 0 Å². The first-order valence-electron chi connectivity index (χ1n) is 5.13. The maximum Gasteiger partial charge on any atom is 0.451 e. The van der Waals surface area contributed by atoms with Crippen LogP contribution >= 0.6 is 0 Å². The second-order valence-electron chi connectivity index (χ2n) is 3.63. The Hall–Kier alpha value is -1.64. The highest BCUT2D eigenvalue weighted by Crippen LogP contribution is 2.47. The van der Waals surface area contributed by atoms with Gasteiger partial charge in [-0.05, 0) is 0 Å².